The summed E-state index contributed by atoms with van der Waals surface area (Å²) in [4.78, 5) is 31.7. The highest BCUT2D eigenvalue weighted by atomic mass is 15.1. The molecule has 6 heterocycles. The van der Waals surface area contributed by atoms with Gasteiger partial charge in [0.05, 0.1) is 44.1 Å². The lowest BCUT2D eigenvalue weighted by molar-refractivity contribution is 1.08. The van der Waals surface area contributed by atoms with E-state index < -0.39 is 0 Å². The Hall–Kier alpha value is -18.4. The average Bonchev–Trinajstić information content (AvgIpc) is 1.51. The molecule has 632 valence electrons. The van der Waals surface area contributed by atoms with E-state index in [-0.39, 0.29) is 0 Å². The lowest BCUT2D eigenvalue weighted by atomic mass is 9.88. The molecule has 136 heavy (non-hydrogen) atoms. The maximum absolute atomic E-state index is 5.40. The van der Waals surface area contributed by atoms with Crippen LogP contribution in [0, 0.1) is 0 Å². The molecule has 0 atom stereocenters. The molecule has 6 aromatic heterocycles. The number of hydrogen-bond donors (Lipinski definition) is 0. The van der Waals surface area contributed by atoms with E-state index in [1.807, 2.05) is 72.8 Å². The average molecular weight is 1730 g/mol. The fourth-order valence-corrected chi connectivity index (χ4v) is 21.5. The largest absolute Gasteiger partial charge is 0.309 e. The Balaban J connectivity index is 0.000000138. The van der Waals surface area contributed by atoms with Crippen molar-refractivity contribution in [2.45, 2.75) is 0 Å². The minimum absolute atomic E-state index is 0.620. The normalized spacial score (nSPS) is 11.8. The molecule has 0 spiro atoms. The molecule has 28 rings (SSSR count). The van der Waals surface area contributed by atoms with Gasteiger partial charge in [0.2, 0.25) is 0 Å². The summed E-state index contributed by atoms with van der Waals surface area (Å²) in [5.74, 6) is 3.76. The predicted octanol–water partition coefficient (Wildman–Crippen LogP) is 32.4. The summed E-state index contributed by atoms with van der Waals surface area (Å²) in [6.45, 7) is 0. The van der Waals surface area contributed by atoms with Gasteiger partial charge in [0.25, 0.3) is 0 Å². The van der Waals surface area contributed by atoms with E-state index in [2.05, 4.69) is 419 Å². The molecule has 0 N–H and O–H groups in total. The molecule has 0 saturated heterocycles. The summed E-state index contributed by atoms with van der Waals surface area (Å²) in [5.41, 5.74) is 23.7. The van der Waals surface area contributed by atoms with Gasteiger partial charge in [0.1, 0.15) is 0 Å². The molecular formula is C126H78N10. The van der Waals surface area contributed by atoms with E-state index in [9.17, 15) is 0 Å². The van der Waals surface area contributed by atoms with Crippen LogP contribution in [-0.4, -0.2) is 48.2 Å². The van der Waals surface area contributed by atoms with Gasteiger partial charge >= 0.3 is 0 Å². The van der Waals surface area contributed by atoms with Crippen LogP contribution in [0.3, 0.4) is 0 Å². The van der Waals surface area contributed by atoms with E-state index in [0.717, 1.165) is 127 Å². The topological polar surface area (TPSA) is 97.1 Å². The van der Waals surface area contributed by atoms with Crippen LogP contribution in [0.15, 0.2) is 473 Å². The molecule has 0 amide bonds. The first-order chi connectivity index (χ1) is 67.5. The maximum Gasteiger partial charge on any atom is 0.164 e. The number of fused-ring (bicyclic) bond motifs is 26. The van der Waals surface area contributed by atoms with Crippen molar-refractivity contribution in [3.05, 3.63) is 473 Å². The zero-order valence-corrected chi connectivity index (χ0v) is 73.5. The summed E-state index contributed by atoms with van der Waals surface area (Å²) in [7, 11) is 0. The lowest BCUT2D eigenvalue weighted by Crippen LogP contribution is -2.01. The van der Waals surface area contributed by atoms with Crippen LogP contribution >= 0.6 is 0 Å². The van der Waals surface area contributed by atoms with Crippen LogP contribution in [0.25, 0.3) is 265 Å². The van der Waals surface area contributed by atoms with Gasteiger partial charge in [-0.2, -0.15) is 0 Å². The molecule has 10 nitrogen and oxygen atoms in total. The van der Waals surface area contributed by atoms with Gasteiger partial charge in [-0.25, -0.2) is 29.9 Å². The van der Waals surface area contributed by atoms with Crippen molar-refractivity contribution in [2.24, 2.45) is 0 Å². The van der Waals surface area contributed by atoms with Crippen molar-refractivity contribution < 1.29 is 0 Å². The van der Waals surface area contributed by atoms with Crippen LogP contribution in [-0.2, 0) is 0 Å². The van der Waals surface area contributed by atoms with Crippen LogP contribution in [0.5, 0.6) is 0 Å². The number of benzene rings is 22. The number of hydrogen-bond acceptors (Lipinski definition) is 6. The summed E-state index contributed by atoms with van der Waals surface area (Å²) in [5, 5.41) is 23.6. The molecule has 10 heteroatoms. The van der Waals surface area contributed by atoms with Gasteiger partial charge in [-0.05, 0) is 168 Å². The molecule has 22 aromatic carbocycles. The van der Waals surface area contributed by atoms with Crippen LogP contribution in [0.1, 0.15) is 0 Å². The van der Waals surface area contributed by atoms with Crippen LogP contribution < -0.4 is 0 Å². The van der Waals surface area contributed by atoms with E-state index in [0.29, 0.717) is 34.9 Å². The van der Waals surface area contributed by atoms with Gasteiger partial charge in [0, 0.05) is 116 Å². The second-order valence-corrected chi connectivity index (χ2v) is 35.0. The molecule has 0 fully saturated rings. The van der Waals surface area contributed by atoms with Gasteiger partial charge in [-0.1, -0.05) is 376 Å². The van der Waals surface area contributed by atoms with E-state index >= 15 is 0 Å². The van der Waals surface area contributed by atoms with E-state index in [4.69, 9.17) is 29.9 Å². The second kappa shape index (κ2) is 31.7. The Labute approximate surface area is 781 Å². The summed E-state index contributed by atoms with van der Waals surface area (Å²) in [6.07, 6.45) is 0. The van der Waals surface area contributed by atoms with Crippen molar-refractivity contribution >= 4 is 152 Å². The lowest BCUT2D eigenvalue weighted by Gasteiger charge is -2.18. The molecule has 0 aliphatic rings. The fraction of sp³-hybridized carbons (Fsp3) is 0. The Morgan fingerprint density at radius 1 is 0.125 bits per heavy atom. The predicted molar refractivity (Wildman–Crippen MR) is 566 cm³/mol. The third-order valence-corrected chi connectivity index (χ3v) is 27.4. The van der Waals surface area contributed by atoms with Crippen molar-refractivity contribution in [3.8, 4) is 113 Å². The van der Waals surface area contributed by atoms with Crippen LogP contribution in [0.4, 0.5) is 0 Å². The van der Waals surface area contributed by atoms with Gasteiger partial charge in [-0.3, -0.25) is 0 Å². The highest BCUT2D eigenvalue weighted by molar-refractivity contribution is 6.33. The Bertz CT molecular complexity index is 9580. The minimum Gasteiger partial charge on any atom is -0.309 e. The molecular weight excluding hydrogens is 1650 g/mol. The van der Waals surface area contributed by atoms with Crippen molar-refractivity contribution in [1.82, 2.24) is 48.2 Å². The minimum atomic E-state index is 0.620. The Morgan fingerprint density at radius 2 is 0.412 bits per heavy atom. The van der Waals surface area contributed by atoms with Crippen molar-refractivity contribution in [1.29, 1.82) is 0 Å². The Morgan fingerprint density at radius 3 is 0.831 bits per heavy atom. The Kier molecular flexibility index (Phi) is 18.1. The van der Waals surface area contributed by atoms with E-state index in [1.165, 1.54) is 103 Å². The third-order valence-electron chi connectivity index (χ3n) is 27.4. The zero-order valence-electron chi connectivity index (χ0n) is 73.5. The summed E-state index contributed by atoms with van der Waals surface area (Å²) >= 11 is 0. The molecule has 0 aliphatic heterocycles. The first-order valence-electron chi connectivity index (χ1n) is 46.2. The molecule has 0 aliphatic carbocycles. The second-order valence-electron chi connectivity index (χ2n) is 35.0. The standard InChI is InChI=1S/2C63H39N5/c1-5-20-40(21-6-1)61-64-62(41-22-7-2-8-23-41)66-63(65-61)54-39-42(38-53-48-30-14-13-28-46(48)47-29-15-16-32-50(47)57(53)54)45-33-19-34-52-58-56(68(59(45)52)44-26-11-4-12-27-44)37-36-51-49-31-17-18-35-55(49)67(60(51)58)43-24-9-3-10-25-43;1-5-19-40(20-6-1)61-64-62(41-21-7-2-8-22-41)66-63(65-61)55-38-43(37-54-48-29-14-13-27-46(48)47-28-15-16-31-51(47)58(54)55)42-33-34-50-53-36-35-52-49-30-17-18-32-56(49)67(44-23-9-3-10-24-44)59(52)60(53)68(57(50)39-42)45-25-11-4-12-26-45/h2*1-39H. The first-order valence-corrected chi connectivity index (χ1v) is 46.2. The molecule has 0 saturated carbocycles. The number of nitrogens with zero attached hydrogens (tertiary/aromatic N) is 10. The van der Waals surface area contributed by atoms with Crippen LogP contribution in [0.2, 0.25) is 0 Å². The molecule has 0 bridgehead atoms. The summed E-state index contributed by atoms with van der Waals surface area (Å²) in [6, 6.07) is 169. The first kappa shape index (κ1) is 77.6. The van der Waals surface area contributed by atoms with Gasteiger partial charge < -0.3 is 18.3 Å². The van der Waals surface area contributed by atoms with Crippen molar-refractivity contribution in [2.75, 3.05) is 0 Å². The quantitative estimate of drug-likeness (QED) is 0.113. The number of para-hydroxylation sites is 7. The van der Waals surface area contributed by atoms with E-state index in [1.54, 1.807) is 0 Å². The smallest absolute Gasteiger partial charge is 0.164 e. The highest BCUT2D eigenvalue weighted by Crippen LogP contribution is 2.51. The van der Waals surface area contributed by atoms with Gasteiger partial charge in [0.15, 0.2) is 34.9 Å². The zero-order chi connectivity index (χ0) is 89.4. The SMILES string of the molecule is c1ccc(-c2nc(-c3ccccc3)nc(-c3cc(-c4ccc5c6ccc7c8ccccc8n(-c8ccccc8)c7c6n(-c6ccccc6)c5c4)cc4c5ccccc5c5ccccc5c34)n2)cc1.c1ccc(-c2nc(-c3ccccc3)nc(-c3cc(-c4cccc5c6c(ccc7c8ccccc8n(-c8ccccc8)c76)n(-c6ccccc6)c45)cc4c5ccccc5c5ccccc5c34)n2)cc1. The number of rotatable bonds is 12. The highest BCUT2D eigenvalue weighted by Gasteiger charge is 2.29. The molecule has 0 radical (unpaired) electrons. The molecule has 0 unspecified atom stereocenters. The fourth-order valence-electron chi connectivity index (χ4n) is 21.5. The molecule has 28 aromatic rings. The monoisotopic (exact) mass is 1730 g/mol. The number of aromatic nitrogens is 10. The third kappa shape index (κ3) is 12.5. The van der Waals surface area contributed by atoms with Gasteiger partial charge in [-0.15, -0.1) is 0 Å². The van der Waals surface area contributed by atoms with Crippen molar-refractivity contribution in [3.63, 3.8) is 0 Å². The summed E-state index contributed by atoms with van der Waals surface area (Å²) < 4.78 is 9.84. The maximum atomic E-state index is 5.40.